The minimum absolute atomic E-state index is 0.719. The number of ether oxygens (including phenoxy) is 1. The van der Waals surface area contributed by atoms with Gasteiger partial charge in [-0.3, -0.25) is 0 Å². The van der Waals surface area contributed by atoms with E-state index in [4.69, 9.17) is 4.74 Å². The third-order valence-electron chi connectivity index (χ3n) is 3.60. The van der Waals surface area contributed by atoms with Gasteiger partial charge in [-0.15, -0.1) is 11.3 Å². The molecule has 0 fully saturated rings. The van der Waals surface area contributed by atoms with Crippen LogP contribution in [0.25, 0.3) is 21.3 Å². The van der Waals surface area contributed by atoms with E-state index in [0.717, 1.165) is 22.3 Å². The van der Waals surface area contributed by atoms with E-state index in [2.05, 4.69) is 37.0 Å². The second-order valence-electron chi connectivity index (χ2n) is 5.89. The predicted molar refractivity (Wildman–Crippen MR) is 103 cm³/mol. The zero-order valence-electron chi connectivity index (χ0n) is 13.7. The Balaban J connectivity index is 2.01. The smallest absolute Gasteiger partial charge is 0.124 e. The van der Waals surface area contributed by atoms with E-state index >= 15 is 0 Å². The Morgan fingerprint density at radius 1 is 1.17 bits per heavy atom. The summed E-state index contributed by atoms with van der Waals surface area (Å²) in [6.45, 7) is 4.54. The van der Waals surface area contributed by atoms with Crippen LogP contribution in [0.15, 0.2) is 42.6 Å². The second-order valence-corrected chi connectivity index (χ2v) is 8.01. The zero-order chi connectivity index (χ0) is 16.2. The van der Waals surface area contributed by atoms with E-state index in [1.54, 1.807) is 7.11 Å². The normalized spacial score (nSPS) is 11.3. The molecule has 0 aliphatic heterocycles. The summed E-state index contributed by atoms with van der Waals surface area (Å²) in [5, 5.41) is 1.25. The molecule has 2 aromatic heterocycles. The molecule has 4 heteroatoms. The van der Waals surface area contributed by atoms with Crippen LogP contribution in [0, 0.1) is 5.92 Å². The summed E-state index contributed by atoms with van der Waals surface area (Å²) in [6.07, 6.45) is 1.88. The van der Waals surface area contributed by atoms with Gasteiger partial charge < -0.3 is 4.74 Å². The molecule has 120 valence electrons. The molecule has 0 aliphatic rings. The molecule has 3 aromatic rings. The van der Waals surface area contributed by atoms with Gasteiger partial charge in [-0.2, -0.15) is 11.8 Å². The summed E-state index contributed by atoms with van der Waals surface area (Å²) >= 11 is 3.82. The molecular weight excluding hydrogens is 322 g/mol. The Hall–Kier alpha value is -1.52. The minimum atomic E-state index is 0.719. The number of hydrogen-bond acceptors (Lipinski definition) is 4. The molecule has 0 aliphatic carbocycles. The fourth-order valence-electron chi connectivity index (χ4n) is 2.54. The lowest BCUT2D eigenvalue weighted by molar-refractivity contribution is 0.415. The first kappa shape index (κ1) is 16.3. The summed E-state index contributed by atoms with van der Waals surface area (Å²) in [5.41, 5.74) is 2.57. The summed E-state index contributed by atoms with van der Waals surface area (Å²) in [6, 6.07) is 12.5. The van der Waals surface area contributed by atoms with Crippen LogP contribution in [0.4, 0.5) is 0 Å². The lowest BCUT2D eigenvalue weighted by Gasteiger charge is -2.08. The quantitative estimate of drug-likeness (QED) is 0.559. The van der Waals surface area contributed by atoms with Crippen molar-refractivity contribution >= 4 is 33.3 Å². The Labute approximate surface area is 145 Å². The van der Waals surface area contributed by atoms with Crippen molar-refractivity contribution < 1.29 is 4.74 Å². The fourth-order valence-corrected chi connectivity index (χ4v) is 4.91. The molecule has 0 unspecified atom stereocenters. The molecule has 23 heavy (non-hydrogen) atoms. The number of hydrogen-bond donors (Lipinski definition) is 0. The van der Waals surface area contributed by atoms with Crippen LogP contribution >= 0.6 is 23.1 Å². The maximum Gasteiger partial charge on any atom is 0.124 e. The van der Waals surface area contributed by atoms with Crippen molar-refractivity contribution in [1.29, 1.82) is 0 Å². The van der Waals surface area contributed by atoms with Gasteiger partial charge in [-0.1, -0.05) is 26.0 Å². The highest BCUT2D eigenvalue weighted by molar-refractivity contribution is 7.98. The molecular formula is C19H21NOS2. The largest absolute Gasteiger partial charge is 0.497 e. The van der Waals surface area contributed by atoms with Gasteiger partial charge in [0.2, 0.25) is 0 Å². The summed E-state index contributed by atoms with van der Waals surface area (Å²) in [5.74, 6) is 3.84. The van der Waals surface area contributed by atoms with Crippen molar-refractivity contribution in [2.75, 3.05) is 12.9 Å². The Kier molecular flexibility index (Phi) is 5.23. The van der Waals surface area contributed by atoms with Gasteiger partial charge in [0, 0.05) is 27.8 Å². The van der Waals surface area contributed by atoms with Crippen LogP contribution in [-0.2, 0) is 5.75 Å². The molecule has 0 atom stereocenters. The molecule has 2 heterocycles. The van der Waals surface area contributed by atoms with E-state index in [1.165, 1.54) is 27.1 Å². The van der Waals surface area contributed by atoms with Crippen molar-refractivity contribution in [3.05, 3.63) is 47.5 Å². The van der Waals surface area contributed by atoms with Gasteiger partial charge in [0.1, 0.15) is 10.6 Å². The molecule has 0 bridgehead atoms. The number of thioether (sulfide) groups is 1. The summed E-state index contributed by atoms with van der Waals surface area (Å²) < 4.78 is 5.28. The van der Waals surface area contributed by atoms with E-state index in [9.17, 15) is 0 Å². The van der Waals surface area contributed by atoms with Crippen LogP contribution in [0.1, 0.15) is 18.7 Å². The van der Waals surface area contributed by atoms with Crippen LogP contribution in [0.3, 0.4) is 0 Å². The summed E-state index contributed by atoms with van der Waals surface area (Å²) in [7, 11) is 1.70. The van der Waals surface area contributed by atoms with Gasteiger partial charge in [0.25, 0.3) is 0 Å². The molecule has 2 nitrogen and oxygen atoms in total. The molecule has 0 radical (unpaired) electrons. The Bertz CT molecular complexity index is 778. The molecule has 3 rings (SSSR count). The first-order chi connectivity index (χ1) is 11.2. The van der Waals surface area contributed by atoms with Gasteiger partial charge in [0.15, 0.2) is 0 Å². The zero-order valence-corrected chi connectivity index (χ0v) is 15.3. The van der Waals surface area contributed by atoms with Gasteiger partial charge in [-0.05, 0) is 41.5 Å². The van der Waals surface area contributed by atoms with E-state index in [-0.39, 0.29) is 0 Å². The standard InChI is InChI=1S/C19H21NOS2/c1-13(2)11-22-12-17-18(14-6-8-15(21-3)9-7-14)16-5-4-10-20-19(16)23-17/h4-10,13H,11-12H2,1-3H3. The van der Waals surface area contributed by atoms with Crippen molar-refractivity contribution in [2.24, 2.45) is 5.92 Å². The highest BCUT2D eigenvalue weighted by Gasteiger charge is 2.15. The molecule has 0 amide bonds. The van der Waals surface area contributed by atoms with Crippen LogP contribution in [-0.4, -0.2) is 17.8 Å². The maximum atomic E-state index is 5.28. The average molecular weight is 344 g/mol. The minimum Gasteiger partial charge on any atom is -0.497 e. The van der Waals surface area contributed by atoms with E-state index in [0.29, 0.717) is 0 Å². The Morgan fingerprint density at radius 2 is 1.96 bits per heavy atom. The van der Waals surface area contributed by atoms with E-state index in [1.807, 2.05) is 47.5 Å². The average Bonchev–Trinajstić information content (AvgIpc) is 2.93. The number of aromatic nitrogens is 1. The molecule has 0 saturated heterocycles. The summed E-state index contributed by atoms with van der Waals surface area (Å²) in [4.78, 5) is 7.08. The first-order valence-corrected chi connectivity index (χ1v) is 9.74. The number of thiophene rings is 1. The molecule has 0 spiro atoms. The highest BCUT2D eigenvalue weighted by atomic mass is 32.2. The third kappa shape index (κ3) is 3.70. The number of fused-ring (bicyclic) bond motifs is 1. The van der Waals surface area contributed by atoms with Crippen LogP contribution in [0.2, 0.25) is 0 Å². The first-order valence-electron chi connectivity index (χ1n) is 7.77. The highest BCUT2D eigenvalue weighted by Crippen LogP contribution is 2.40. The number of rotatable bonds is 6. The van der Waals surface area contributed by atoms with Crippen molar-refractivity contribution in [2.45, 2.75) is 19.6 Å². The third-order valence-corrected chi connectivity index (χ3v) is 6.29. The number of methoxy groups -OCH3 is 1. The lowest BCUT2D eigenvalue weighted by atomic mass is 10.0. The number of nitrogens with zero attached hydrogens (tertiary/aromatic N) is 1. The molecule has 0 N–H and O–H groups in total. The fraction of sp³-hybridized carbons (Fsp3) is 0.316. The van der Waals surface area contributed by atoms with Crippen LogP contribution in [0.5, 0.6) is 5.75 Å². The lowest BCUT2D eigenvalue weighted by Crippen LogP contribution is -1.91. The van der Waals surface area contributed by atoms with E-state index < -0.39 is 0 Å². The molecule has 1 aromatic carbocycles. The van der Waals surface area contributed by atoms with Gasteiger partial charge in [0.05, 0.1) is 7.11 Å². The monoisotopic (exact) mass is 343 g/mol. The van der Waals surface area contributed by atoms with Crippen molar-refractivity contribution in [3.8, 4) is 16.9 Å². The van der Waals surface area contributed by atoms with Crippen LogP contribution < -0.4 is 4.74 Å². The Morgan fingerprint density at radius 3 is 2.65 bits per heavy atom. The molecule has 0 saturated carbocycles. The SMILES string of the molecule is COc1ccc(-c2c(CSCC(C)C)sc3ncccc23)cc1. The van der Waals surface area contributed by atoms with Gasteiger partial charge in [-0.25, -0.2) is 4.98 Å². The van der Waals surface area contributed by atoms with Crippen molar-refractivity contribution in [3.63, 3.8) is 0 Å². The second kappa shape index (κ2) is 7.37. The predicted octanol–water partition coefficient (Wildman–Crippen LogP) is 5.86. The van der Waals surface area contributed by atoms with Crippen molar-refractivity contribution in [1.82, 2.24) is 4.98 Å². The number of benzene rings is 1. The maximum absolute atomic E-state index is 5.28. The number of pyridine rings is 1. The topological polar surface area (TPSA) is 22.1 Å². The van der Waals surface area contributed by atoms with Gasteiger partial charge >= 0.3 is 0 Å².